The second kappa shape index (κ2) is 6.81. The maximum absolute atomic E-state index is 12.4. The lowest BCUT2D eigenvalue weighted by Gasteiger charge is -2.18. The molecule has 1 aromatic carbocycles. The Kier molecular flexibility index (Phi) is 5.03. The standard InChI is InChI=1S/C17H23N3O3/c1-5-20-16(22)13-7-6-12(10-14(13)18-17(20)23)15(21)19(4)9-8-11(2)3/h6-7,10-11H,5,8-9H2,1-4H3,(H,18,23). The van der Waals surface area contributed by atoms with E-state index in [1.54, 1.807) is 37.1 Å². The number of aromatic amines is 1. The van der Waals surface area contributed by atoms with Crippen LogP contribution in [0.25, 0.3) is 10.9 Å². The highest BCUT2D eigenvalue weighted by atomic mass is 16.2. The van der Waals surface area contributed by atoms with Gasteiger partial charge in [0.15, 0.2) is 0 Å². The van der Waals surface area contributed by atoms with Gasteiger partial charge in [0.1, 0.15) is 0 Å². The molecular formula is C17H23N3O3. The number of hydrogen-bond donors (Lipinski definition) is 1. The fourth-order valence-electron chi connectivity index (χ4n) is 2.45. The topological polar surface area (TPSA) is 75.2 Å². The van der Waals surface area contributed by atoms with E-state index in [2.05, 4.69) is 18.8 Å². The third-order valence-electron chi connectivity index (χ3n) is 3.93. The average Bonchev–Trinajstić information content (AvgIpc) is 2.51. The van der Waals surface area contributed by atoms with Crippen molar-refractivity contribution in [3.8, 4) is 0 Å². The molecule has 0 aliphatic heterocycles. The van der Waals surface area contributed by atoms with Gasteiger partial charge >= 0.3 is 5.69 Å². The van der Waals surface area contributed by atoms with Crippen LogP contribution in [0, 0.1) is 5.92 Å². The van der Waals surface area contributed by atoms with Gasteiger partial charge in [-0.3, -0.25) is 14.2 Å². The van der Waals surface area contributed by atoms with Gasteiger partial charge in [-0.1, -0.05) is 13.8 Å². The summed E-state index contributed by atoms with van der Waals surface area (Å²) < 4.78 is 1.14. The Labute approximate surface area is 134 Å². The summed E-state index contributed by atoms with van der Waals surface area (Å²) in [5, 5.41) is 0.410. The maximum Gasteiger partial charge on any atom is 0.328 e. The van der Waals surface area contributed by atoms with E-state index >= 15 is 0 Å². The summed E-state index contributed by atoms with van der Waals surface area (Å²) in [4.78, 5) is 40.9. The van der Waals surface area contributed by atoms with Crippen LogP contribution in [-0.4, -0.2) is 34.0 Å². The van der Waals surface area contributed by atoms with Crippen LogP contribution >= 0.6 is 0 Å². The number of carbonyl (C=O) groups is 1. The van der Waals surface area contributed by atoms with Gasteiger partial charge in [-0.25, -0.2) is 4.79 Å². The summed E-state index contributed by atoms with van der Waals surface area (Å²) in [5.41, 5.74) is 0.0713. The van der Waals surface area contributed by atoms with Crippen molar-refractivity contribution in [1.29, 1.82) is 0 Å². The molecule has 23 heavy (non-hydrogen) atoms. The van der Waals surface area contributed by atoms with Gasteiger partial charge in [0.2, 0.25) is 0 Å². The van der Waals surface area contributed by atoms with Crippen molar-refractivity contribution in [1.82, 2.24) is 14.5 Å². The van der Waals surface area contributed by atoms with Crippen molar-refractivity contribution < 1.29 is 4.79 Å². The number of nitrogens with one attached hydrogen (secondary N) is 1. The highest BCUT2D eigenvalue weighted by molar-refractivity contribution is 5.97. The van der Waals surface area contributed by atoms with Gasteiger partial charge in [-0.15, -0.1) is 0 Å². The Morgan fingerprint density at radius 2 is 2.00 bits per heavy atom. The summed E-state index contributed by atoms with van der Waals surface area (Å²) in [6.07, 6.45) is 0.924. The molecule has 1 heterocycles. The average molecular weight is 317 g/mol. The third-order valence-corrected chi connectivity index (χ3v) is 3.93. The number of aromatic nitrogens is 2. The molecule has 0 fully saturated rings. The lowest BCUT2D eigenvalue weighted by atomic mass is 10.1. The van der Waals surface area contributed by atoms with E-state index in [1.807, 2.05) is 0 Å². The Hall–Kier alpha value is -2.37. The van der Waals surface area contributed by atoms with Crippen molar-refractivity contribution in [3.05, 3.63) is 44.6 Å². The molecule has 0 radical (unpaired) electrons. The first-order chi connectivity index (χ1) is 10.8. The zero-order valence-corrected chi connectivity index (χ0v) is 14.0. The minimum Gasteiger partial charge on any atom is -0.342 e. The van der Waals surface area contributed by atoms with Crippen LogP contribution in [-0.2, 0) is 6.54 Å². The van der Waals surface area contributed by atoms with Crippen LogP contribution in [0.15, 0.2) is 27.8 Å². The molecule has 0 aliphatic rings. The van der Waals surface area contributed by atoms with E-state index in [9.17, 15) is 14.4 Å². The zero-order chi connectivity index (χ0) is 17.1. The SMILES string of the molecule is CCn1c(=O)[nH]c2cc(C(=O)N(C)CCC(C)C)ccc2c1=O. The van der Waals surface area contributed by atoms with Crippen LogP contribution < -0.4 is 11.2 Å². The summed E-state index contributed by atoms with van der Waals surface area (Å²) in [6, 6.07) is 4.81. The van der Waals surface area contributed by atoms with E-state index in [0.29, 0.717) is 35.5 Å². The lowest BCUT2D eigenvalue weighted by molar-refractivity contribution is 0.0789. The van der Waals surface area contributed by atoms with E-state index < -0.39 is 5.69 Å². The highest BCUT2D eigenvalue weighted by Crippen LogP contribution is 2.12. The quantitative estimate of drug-likeness (QED) is 0.914. The van der Waals surface area contributed by atoms with Crippen molar-refractivity contribution >= 4 is 16.8 Å². The molecule has 1 amide bonds. The Morgan fingerprint density at radius 1 is 1.30 bits per heavy atom. The molecule has 0 aliphatic carbocycles. The minimum absolute atomic E-state index is 0.118. The van der Waals surface area contributed by atoms with Crippen LogP contribution in [0.3, 0.4) is 0 Å². The number of carbonyl (C=O) groups excluding carboxylic acids is 1. The molecule has 0 spiro atoms. The number of nitrogens with zero attached hydrogens (tertiary/aromatic N) is 2. The lowest BCUT2D eigenvalue weighted by Crippen LogP contribution is -2.34. The number of hydrogen-bond acceptors (Lipinski definition) is 3. The predicted octanol–water partition coefficient (Wildman–Crippen LogP) is 1.83. The number of rotatable bonds is 5. The van der Waals surface area contributed by atoms with Gasteiger partial charge < -0.3 is 9.88 Å². The summed E-state index contributed by atoms with van der Waals surface area (Å²) in [6.45, 7) is 6.94. The molecule has 6 nitrogen and oxygen atoms in total. The number of amides is 1. The third kappa shape index (κ3) is 3.52. The minimum atomic E-state index is -0.456. The fourth-order valence-corrected chi connectivity index (χ4v) is 2.45. The summed E-state index contributed by atoms with van der Waals surface area (Å²) >= 11 is 0. The fraction of sp³-hybridized carbons (Fsp3) is 0.471. The summed E-state index contributed by atoms with van der Waals surface area (Å²) in [5.74, 6) is 0.402. The molecule has 0 atom stereocenters. The van der Waals surface area contributed by atoms with Crippen LogP contribution in [0.5, 0.6) is 0 Å². The van der Waals surface area contributed by atoms with Gasteiger partial charge in [0, 0.05) is 25.7 Å². The molecular weight excluding hydrogens is 294 g/mol. The van der Waals surface area contributed by atoms with Crippen LogP contribution in [0.2, 0.25) is 0 Å². The van der Waals surface area contributed by atoms with Gasteiger partial charge in [-0.05, 0) is 37.5 Å². The van der Waals surface area contributed by atoms with Crippen molar-refractivity contribution in [3.63, 3.8) is 0 Å². The largest absolute Gasteiger partial charge is 0.342 e. The molecule has 0 saturated carbocycles. The molecule has 0 unspecified atom stereocenters. The van der Waals surface area contributed by atoms with Crippen LogP contribution in [0.1, 0.15) is 37.6 Å². The molecule has 2 rings (SSSR count). The summed E-state index contributed by atoms with van der Waals surface area (Å²) in [7, 11) is 1.76. The molecule has 0 saturated heterocycles. The second-order valence-corrected chi connectivity index (χ2v) is 6.15. The first-order valence-electron chi connectivity index (χ1n) is 7.87. The molecule has 124 valence electrons. The van der Waals surface area contributed by atoms with Crippen LogP contribution in [0.4, 0.5) is 0 Å². The molecule has 6 heteroatoms. The maximum atomic E-state index is 12.4. The second-order valence-electron chi connectivity index (χ2n) is 6.15. The molecule has 2 aromatic rings. The smallest absolute Gasteiger partial charge is 0.328 e. The highest BCUT2D eigenvalue weighted by Gasteiger charge is 2.14. The Balaban J connectivity index is 2.39. The molecule has 1 N–H and O–H groups in total. The van der Waals surface area contributed by atoms with Crippen molar-refractivity contribution in [2.75, 3.05) is 13.6 Å². The number of H-pyrrole nitrogens is 1. The number of benzene rings is 1. The first-order valence-corrected chi connectivity index (χ1v) is 7.87. The van der Waals surface area contributed by atoms with E-state index in [1.165, 1.54) is 0 Å². The monoisotopic (exact) mass is 317 g/mol. The Morgan fingerprint density at radius 3 is 2.61 bits per heavy atom. The van der Waals surface area contributed by atoms with Gasteiger partial charge in [-0.2, -0.15) is 0 Å². The Bertz CT molecular complexity index is 833. The van der Waals surface area contributed by atoms with Gasteiger partial charge in [0.05, 0.1) is 10.9 Å². The van der Waals surface area contributed by atoms with E-state index in [4.69, 9.17) is 0 Å². The van der Waals surface area contributed by atoms with Crippen molar-refractivity contribution in [2.45, 2.75) is 33.7 Å². The van der Waals surface area contributed by atoms with E-state index in [0.717, 1.165) is 11.0 Å². The predicted molar refractivity (Wildman–Crippen MR) is 90.9 cm³/mol. The first kappa shape index (κ1) is 17.0. The zero-order valence-electron chi connectivity index (χ0n) is 14.0. The normalized spacial score (nSPS) is 11.2. The molecule has 1 aromatic heterocycles. The molecule has 0 bridgehead atoms. The van der Waals surface area contributed by atoms with Crippen molar-refractivity contribution in [2.24, 2.45) is 5.92 Å². The number of fused-ring (bicyclic) bond motifs is 1. The van der Waals surface area contributed by atoms with Gasteiger partial charge in [0.25, 0.3) is 11.5 Å². The van der Waals surface area contributed by atoms with E-state index in [-0.39, 0.29) is 11.5 Å².